The molecule has 0 radical (unpaired) electrons. The number of para-hydroxylation sites is 1. The van der Waals surface area contributed by atoms with Crippen LogP contribution in [0.25, 0.3) is 0 Å². The molecule has 0 saturated carbocycles. The third-order valence-corrected chi connectivity index (χ3v) is 10.7. The molecule has 1 N–H and O–H groups in total. The highest BCUT2D eigenvalue weighted by molar-refractivity contribution is 9.09. The standard InChI is InChI=1S/C27H34BrN3O4S/c1-5-12-29(17(3)4)26(35)23-27-16-19(28)22(36-27)20(21(27)25(34)31(23)14-15-32)24(33)30(13-6-2)18-10-8-7-9-11-18/h5-11,17,19-23,32H,1-2,12-16H2,3-4H3/t19?,20-,21-,22-,23?,27?/m0/s1. The van der Waals surface area contributed by atoms with Gasteiger partial charge in [-0.2, -0.15) is 0 Å². The molecule has 0 aromatic heterocycles. The van der Waals surface area contributed by atoms with Gasteiger partial charge in [0.2, 0.25) is 17.7 Å². The summed E-state index contributed by atoms with van der Waals surface area (Å²) in [6.45, 7) is 12.0. The molecule has 3 fully saturated rings. The summed E-state index contributed by atoms with van der Waals surface area (Å²) in [6, 6.07) is 8.56. The molecule has 3 amide bonds. The van der Waals surface area contributed by atoms with Crippen LogP contribution in [0.5, 0.6) is 0 Å². The van der Waals surface area contributed by atoms with E-state index in [1.807, 2.05) is 44.2 Å². The lowest BCUT2D eigenvalue weighted by atomic mass is 9.70. The highest BCUT2D eigenvalue weighted by atomic mass is 79.9. The zero-order valence-corrected chi connectivity index (χ0v) is 23.2. The highest BCUT2D eigenvalue weighted by Gasteiger charge is 2.76. The van der Waals surface area contributed by atoms with Gasteiger partial charge in [0.15, 0.2) is 0 Å². The Labute approximate surface area is 225 Å². The fourth-order valence-electron chi connectivity index (χ4n) is 6.13. The number of alkyl halides is 1. The normalized spacial score (nSPS) is 30.4. The van der Waals surface area contributed by atoms with E-state index in [2.05, 4.69) is 29.1 Å². The minimum atomic E-state index is -0.748. The van der Waals surface area contributed by atoms with E-state index in [-0.39, 0.29) is 47.0 Å². The van der Waals surface area contributed by atoms with E-state index in [0.717, 1.165) is 5.69 Å². The lowest BCUT2D eigenvalue weighted by Gasteiger charge is -2.39. The smallest absolute Gasteiger partial charge is 0.247 e. The van der Waals surface area contributed by atoms with Gasteiger partial charge in [-0.1, -0.05) is 46.3 Å². The van der Waals surface area contributed by atoms with E-state index in [0.29, 0.717) is 19.5 Å². The number of β-amino-alcohol motifs (C(OH)–C–C–N with tert-alkyl or cyclic N) is 1. The molecular formula is C27H34BrN3O4S. The number of amides is 3. The summed E-state index contributed by atoms with van der Waals surface area (Å²) in [5.41, 5.74) is 0.748. The fourth-order valence-corrected chi connectivity index (χ4v) is 9.73. The Morgan fingerprint density at radius 2 is 1.89 bits per heavy atom. The maximum atomic E-state index is 14.2. The second-order valence-corrected chi connectivity index (χ2v) is 12.6. The number of halogens is 1. The molecule has 36 heavy (non-hydrogen) atoms. The molecule has 3 heterocycles. The summed E-state index contributed by atoms with van der Waals surface area (Å²) >= 11 is 5.40. The number of likely N-dealkylation sites (tertiary alicyclic amines) is 1. The zero-order valence-electron chi connectivity index (χ0n) is 20.8. The van der Waals surface area contributed by atoms with Gasteiger partial charge in [-0.05, 0) is 32.4 Å². The molecule has 0 aliphatic carbocycles. The Balaban J connectivity index is 1.78. The van der Waals surface area contributed by atoms with Crippen LogP contribution in [-0.4, -0.2) is 85.8 Å². The molecule has 3 unspecified atom stereocenters. The van der Waals surface area contributed by atoms with Gasteiger partial charge in [-0.25, -0.2) is 0 Å². The van der Waals surface area contributed by atoms with Crippen LogP contribution in [0.1, 0.15) is 20.3 Å². The van der Waals surface area contributed by atoms with Crippen LogP contribution in [0.2, 0.25) is 0 Å². The molecule has 7 nitrogen and oxygen atoms in total. The van der Waals surface area contributed by atoms with E-state index >= 15 is 0 Å². The molecule has 4 rings (SSSR count). The summed E-state index contributed by atoms with van der Waals surface area (Å²) in [7, 11) is 0. The lowest BCUT2D eigenvalue weighted by molar-refractivity contribution is -0.143. The number of anilines is 1. The Hall–Kier alpha value is -2.10. The number of carbonyl (C=O) groups is 3. The van der Waals surface area contributed by atoms with Crippen molar-refractivity contribution in [1.29, 1.82) is 0 Å². The molecule has 2 bridgehead atoms. The average Bonchev–Trinajstić information content (AvgIpc) is 3.44. The SMILES string of the molecule is C=CCN(C(=O)[C@H]1[C@H]2C(=O)N(CCO)C(C(=O)N(CC=C)C(C)C)C23CC(Br)[C@@H]1S3)c1ccccc1. The third kappa shape index (κ3) is 4.23. The number of hydrogen-bond acceptors (Lipinski definition) is 5. The first-order valence-corrected chi connectivity index (χ1v) is 14.1. The van der Waals surface area contributed by atoms with Gasteiger partial charge in [0.05, 0.1) is 23.2 Å². The molecule has 3 aliphatic rings. The second kappa shape index (κ2) is 10.7. The number of rotatable bonds is 10. The predicted molar refractivity (Wildman–Crippen MR) is 147 cm³/mol. The number of benzene rings is 1. The minimum Gasteiger partial charge on any atom is -0.395 e. The maximum Gasteiger partial charge on any atom is 0.247 e. The largest absolute Gasteiger partial charge is 0.395 e. The van der Waals surface area contributed by atoms with Crippen molar-refractivity contribution in [2.75, 3.05) is 31.1 Å². The van der Waals surface area contributed by atoms with Crippen LogP contribution < -0.4 is 4.90 Å². The van der Waals surface area contributed by atoms with E-state index in [1.165, 1.54) is 4.90 Å². The van der Waals surface area contributed by atoms with Crippen LogP contribution in [0, 0.1) is 11.8 Å². The quantitative estimate of drug-likeness (QED) is 0.342. The van der Waals surface area contributed by atoms with Crippen LogP contribution in [0.3, 0.4) is 0 Å². The van der Waals surface area contributed by atoms with Gasteiger partial charge >= 0.3 is 0 Å². The molecule has 194 valence electrons. The Kier molecular flexibility index (Phi) is 8.02. The first kappa shape index (κ1) is 26.9. The number of aliphatic hydroxyl groups excluding tert-OH is 1. The van der Waals surface area contributed by atoms with Gasteiger partial charge in [0, 0.05) is 41.4 Å². The van der Waals surface area contributed by atoms with E-state index < -0.39 is 22.6 Å². The summed E-state index contributed by atoms with van der Waals surface area (Å²) in [4.78, 5) is 47.1. The molecule has 1 aromatic rings. The second-order valence-electron chi connectivity index (χ2n) is 9.86. The van der Waals surface area contributed by atoms with Crippen LogP contribution in [-0.2, 0) is 14.4 Å². The first-order valence-electron chi connectivity index (χ1n) is 12.3. The molecule has 9 heteroatoms. The molecule has 3 aliphatic heterocycles. The molecule has 1 spiro atoms. The Morgan fingerprint density at radius 1 is 1.22 bits per heavy atom. The van der Waals surface area contributed by atoms with Crippen molar-refractivity contribution in [2.45, 2.75) is 47.2 Å². The van der Waals surface area contributed by atoms with Gasteiger partial charge in [-0.3, -0.25) is 14.4 Å². The van der Waals surface area contributed by atoms with Crippen molar-refractivity contribution in [3.05, 3.63) is 55.6 Å². The maximum absolute atomic E-state index is 14.2. The number of fused-ring (bicyclic) bond motifs is 1. The topological polar surface area (TPSA) is 81.2 Å². The van der Waals surface area contributed by atoms with Gasteiger partial charge in [0.1, 0.15) is 6.04 Å². The van der Waals surface area contributed by atoms with Crippen LogP contribution >= 0.6 is 27.7 Å². The summed E-state index contributed by atoms with van der Waals surface area (Å²) in [5.74, 6) is -1.73. The minimum absolute atomic E-state index is 0.0156. The average molecular weight is 577 g/mol. The van der Waals surface area contributed by atoms with Crippen molar-refractivity contribution >= 4 is 51.1 Å². The van der Waals surface area contributed by atoms with Gasteiger partial charge < -0.3 is 19.8 Å². The van der Waals surface area contributed by atoms with E-state index in [1.54, 1.807) is 33.7 Å². The predicted octanol–water partition coefficient (Wildman–Crippen LogP) is 3.09. The Bertz CT molecular complexity index is 1040. The van der Waals surface area contributed by atoms with E-state index in [4.69, 9.17) is 0 Å². The number of thioether (sulfide) groups is 1. The van der Waals surface area contributed by atoms with Gasteiger partial charge in [0.25, 0.3) is 0 Å². The number of aliphatic hydroxyl groups is 1. The van der Waals surface area contributed by atoms with Crippen molar-refractivity contribution in [2.24, 2.45) is 11.8 Å². The molecule has 3 saturated heterocycles. The van der Waals surface area contributed by atoms with Crippen molar-refractivity contribution < 1.29 is 19.5 Å². The summed E-state index contributed by atoms with van der Waals surface area (Å²) in [6.07, 6.45) is 3.98. The summed E-state index contributed by atoms with van der Waals surface area (Å²) in [5, 5.41) is 9.68. The van der Waals surface area contributed by atoms with Crippen molar-refractivity contribution in [3.8, 4) is 0 Å². The number of carbonyl (C=O) groups excluding carboxylic acids is 3. The van der Waals surface area contributed by atoms with Crippen molar-refractivity contribution in [3.63, 3.8) is 0 Å². The first-order chi connectivity index (χ1) is 17.2. The Morgan fingerprint density at radius 3 is 2.47 bits per heavy atom. The molecule has 6 atom stereocenters. The van der Waals surface area contributed by atoms with Crippen molar-refractivity contribution in [1.82, 2.24) is 9.80 Å². The number of nitrogens with zero attached hydrogens (tertiary/aromatic N) is 3. The van der Waals surface area contributed by atoms with Crippen LogP contribution in [0.15, 0.2) is 55.6 Å². The third-order valence-electron chi connectivity index (χ3n) is 7.53. The highest BCUT2D eigenvalue weighted by Crippen LogP contribution is 2.68. The zero-order chi connectivity index (χ0) is 26.2. The molecular weight excluding hydrogens is 542 g/mol. The van der Waals surface area contributed by atoms with E-state index in [9.17, 15) is 19.5 Å². The molecule has 1 aromatic carbocycles. The van der Waals surface area contributed by atoms with Gasteiger partial charge in [-0.15, -0.1) is 24.9 Å². The summed E-state index contributed by atoms with van der Waals surface area (Å²) < 4.78 is -0.743. The fraction of sp³-hybridized carbons (Fsp3) is 0.519. The number of hydrogen-bond donors (Lipinski definition) is 1. The lowest BCUT2D eigenvalue weighted by Crippen LogP contribution is -2.57. The monoisotopic (exact) mass is 575 g/mol. The van der Waals surface area contributed by atoms with Crippen LogP contribution in [0.4, 0.5) is 5.69 Å².